The molecule has 1 amide bonds. The Morgan fingerprint density at radius 1 is 1.07 bits per heavy atom. The second kappa shape index (κ2) is 8.07. The molecule has 1 aliphatic rings. The summed E-state index contributed by atoms with van der Waals surface area (Å²) in [5.74, 6) is -0.226. The van der Waals surface area contributed by atoms with Crippen LogP contribution >= 0.6 is 0 Å². The molecule has 1 atom stereocenters. The molecule has 1 aliphatic heterocycles. The minimum Gasteiger partial charge on any atom is -0.369 e. The van der Waals surface area contributed by atoms with Crippen LogP contribution in [0.25, 0.3) is 10.8 Å². The molecule has 2 aromatic carbocycles. The van der Waals surface area contributed by atoms with Gasteiger partial charge in [0.25, 0.3) is 11.5 Å². The second-order valence-electron chi connectivity index (χ2n) is 7.83. The molecule has 6 heteroatoms. The van der Waals surface area contributed by atoms with E-state index in [0.717, 1.165) is 25.9 Å². The first kappa shape index (κ1) is 19.2. The molecule has 1 unspecified atom stereocenters. The lowest BCUT2D eigenvalue weighted by atomic mass is 10.0. The maximum Gasteiger partial charge on any atom is 0.274 e. The fraction of sp³-hybridized carbons (Fsp3) is 0.348. The number of nitrogens with zero attached hydrogens (tertiary/aromatic N) is 3. The monoisotopic (exact) mass is 390 g/mol. The first-order valence-electron chi connectivity index (χ1n) is 10.2. The van der Waals surface area contributed by atoms with Crippen molar-refractivity contribution in [3.05, 3.63) is 70.6 Å². The van der Waals surface area contributed by atoms with Gasteiger partial charge in [-0.15, -0.1) is 0 Å². The third-order valence-electron chi connectivity index (χ3n) is 5.41. The molecular formula is C23H26N4O2. The highest BCUT2D eigenvalue weighted by atomic mass is 16.2. The molecular weight excluding hydrogens is 364 g/mol. The number of piperidine rings is 1. The lowest BCUT2D eigenvalue weighted by Gasteiger charge is -2.34. The van der Waals surface area contributed by atoms with E-state index >= 15 is 0 Å². The average molecular weight is 390 g/mol. The third kappa shape index (κ3) is 3.88. The van der Waals surface area contributed by atoms with Crippen LogP contribution in [0, 0.1) is 0 Å². The van der Waals surface area contributed by atoms with Gasteiger partial charge in [-0.3, -0.25) is 9.59 Å². The zero-order valence-corrected chi connectivity index (χ0v) is 16.8. The molecule has 0 aliphatic carbocycles. The van der Waals surface area contributed by atoms with Gasteiger partial charge in [0, 0.05) is 30.2 Å². The van der Waals surface area contributed by atoms with E-state index in [4.69, 9.17) is 0 Å². The molecule has 3 aromatic rings. The van der Waals surface area contributed by atoms with E-state index in [2.05, 4.69) is 27.4 Å². The molecule has 4 rings (SSSR count). The van der Waals surface area contributed by atoms with Crippen molar-refractivity contribution in [3.8, 4) is 0 Å². The van der Waals surface area contributed by atoms with E-state index in [0.29, 0.717) is 16.5 Å². The van der Waals surface area contributed by atoms with Crippen molar-refractivity contribution in [2.75, 3.05) is 18.0 Å². The minimum atomic E-state index is -0.226. The van der Waals surface area contributed by atoms with Gasteiger partial charge in [-0.1, -0.05) is 36.4 Å². The summed E-state index contributed by atoms with van der Waals surface area (Å²) in [6.07, 6.45) is 1.94. The van der Waals surface area contributed by atoms with Gasteiger partial charge in [0.05, 0.1) is 11.4 Å². The fourth-order valence-electron chi connectivity index (χ4n) is 3.95. The normalized spacial score (nSPS) is 16.9. The summed E-state index contributed by atoms with van der Waals surface area (Å²) in [4.78, 5) is 28.1. The van der Waals surface area contributed by atoms with Crippen LogP contribution in [-0.4, -0.2) is 34.8 Å². The van der Waals surface area contributed by atoms with Crippen LogP contribution in [-0.2, 0) is 0 Å². The van der Waals surface area contributed by atoms with E-state index in [1.54, 1.807) is 12.1 Å². The van der Waals surface area contributed by atoms with E-state index in [-0.39, 0.29) is 23.6 Å². The first-order valence-corrected chi connectivity index (χ1v) is 10.2. The Hall–Kier alpha value is -3.15. The van der Waals surface area contributed by atoms with E-state index < -0.39 is 0 Å². The number of fused-ring (bicyclic) bond motifs is 1. The summed E-state index contributed by atoms with van der Waals surface area (Å²) in [7, 11) is 0. The van der Waals surface area contributed by atoms with Gasteiger partial charge in [-0.25, -0.2) is 4.68 Å². The van der Waals surface area contributed by atoms with Gasteiger partial charge < -0.3 is 10.2 Å². The number of hydrogen-bond acceptors (Lipinski definition) is 4. The van der Waals surface area contributed by atoms with Crippen LogP contribution in [0.15, 0.2) is 59.4 Å². The summed E-state index contributed by atoms with van der Waals surface area (Å²) >= 11 is 0. The number of para-hydroxylation sites is 1. The topological polar surface area (TPSA) is 67.2 Å². The number of hydrogen-bond donors (Lipinski definition) is 1. The predicted molar refractivity (Wildman–Crippen MR) is 116 cm³/mol. The number of amides is 1. The number of aromatic nitrogens is 2. The quantitative estimate of drug-likeness (QED) is 0.742. The third-order valence-corrected chi connectivity index (χ3v) is 5.41. The summed E-state index contributed by atoms with van der Waals surface area (Å²) in [6, 6.07) is 17.4. The van der Waals surface area contributed by atoms with Crippen molar-refractivity contribution in [1.82, 2.24) is 15.1 Å². The molecule has 0 bridgehead atoms. The Morgan fingerprint density at radius 3 is 2.48 bits per heavy atom. The SMILES string of the molecule is CC(C)n1nc(C(=O)NC2CCCN(c3ccccc3)C2)c2ccccc2c1=O. The number of benzene rings is 2. The number of anilines is 1. The Morgan fingerprint density at radius 2 is 1.76 bits per heavy atom. The van der Waals surface area contributed by atoms with Crippen LogP contribution in [0.2, 0.25) is 0 Å². The van der Waals surface area contributed by atoms with Gasteiger partial charge in [0.1, 0.15) is 0 Å². The zero-order chi connectivity index (χ0) is 20.4. The molecule has 2 heterocycles. The average Bonchev–Trinajstić information content (AvgIpc) is 2.74. The van der Waals surface area contributed by atoms with Crippen LogP contribution in [0.3, 0.4) is 0 Å². The van der Waals surface area contributed by atoms with Gasteiger partial charge >= 0.3 is 0 Å². The Bertz CT molecular complexity index is 1080. The number of carbonyl (C=O) groups is 1. The number of nitrogens with one attached hydrogen (secondary N) is 1. The Labute approximate surface area is 170 Å². The van der Waals surface area contributed by atoms with E-state index in [9.17, 15) is 9.59 Å². The van der Waals surface area contributed by atoms with Crippen LogP contribution in [0.5, 0.6) is 0 Å². The standard InChI is InChI=1S/C23H26N4O2/c1-16(2)27-23(29)20-13-7-6-12-19(20)21(25-27)22(28)24-17-9-8-14-26(15-17)18-10-4-3-5-11-18/h3-7,10-13,16-17H,8-9,14-15H2,1-2H3,(H,24,28). The molecule has 1 fully saturated rings. The minimum absolute atomic E-state index is 0.0384. The van der Waals surface area contributed by atoms with E-state index in [1.807, 2.05) is 44.2 Å². The van der Waals surface area contributed by atoms with Crippen molar-refractivity contribution in [3.63, 3.8) is 0 Å². The molecule has 0 radical (unpaired) electrons. The first-order chi connectivity index (χ1) is 14.0. The molecule has 0 saturated carbocycles. The maximum atomic E-state index is 13.1. The molecule has 29 heavy (non-hydrogen) atoms. The van der Waals surface area contributed by atoms with Gasteiger partial charge in [0.15, 0.2) is 5.69 Å². The van der Waals surface area contributed by atoms with Crippen LogP contribution in [0.4, 0.5) is 5.69 Å². The van der Waals surface area contributed by atoms with Crippen LogP contribution < -0.4 is 15.8 Å². The molecule has 6 nitrogen and oxygen atoms in total. The molecule has 1 N–H and O–H groups in total. The number of rotatable bonds is 4. The van der Waals surface area contributed by atoms with Crippen molar-refractivity contribution in [2.24, 2.45) is 0 Å². The fourth-order valence-corrected chi connectivity index (χ4v) is 3.95. The Kier molecular flexibility index (Phi) is 5.34. The summed E-state index contributed by atoms with van der Waals surface area (Å²) in [5, 5.41) is 8.70. The summed E-state index contributed by atoms with van der Waals surface area (Å²) in [6.45, 7) is 5.53. The van der Waals surface area contributed by atoms with Crippen LogP contribution in [0.1, 0.15) is 43.2 Å². The molecule has 0 spiro atoms. The van der Waals surface area contributed by atoms with Crippen molar-refractivity contribution in [1.29, 1.82) is 0 Å². The summed E-state index contributed by atoms with van der Waals surface area (Å²) in [5.41, 5.74) is 1.31. The predicted octanol–water partition coefficient (Wildman–Crippen LogP) is 3.38. The maximum absolute atomic E-state index is 13.1. The van der Waals surface area contributed by atoms with Gasteiger partial charge in [-0.2, -0.15) is 5.10 Å². The Balaban J connectivity index is 1.61. The van der Waals surface area contributed by atoms with Crippen molar-refractivity contribution in [2.45, 2.75) is 38.8 Å². The van der Waals surface area contributed by atoms with Gasteiger partial charge in [-0.05, 0) is 44.9 Å². The van der Waals surface area contributed by atoms with Crippen molar-refractivity contribution < 1.29 is 4.79 Å². The highest BCUT2D eigenvalue weighted by Gasteiger charge is 2.24. The largest absolute Gasteiger partial charge is 0.369 e. The smallest absolute Gasteiger partial charge is 0.274 e. The molecule has 150 valence electrons. The lowest BCUT2D eigenvalue weighted by Crippen LogP contribution is -2.48. The molecule has 1 saturated heterocycles. The lowest BCUT2D eigenvalue weighted by molar-refractivity contribution is 0.0927. The van der Waals surface area contributed by atoms with E-state index in [1.165, 1.54) is 10.4 Å². The summed E-state index contributed by atoms with van der Waals surface area (Å²) < 4.78 is 1.40. The van der Waals surface area contributed by atoms with Gasteiger partial charge in [0.2, 0.25) is 0 Å². The highest BCUT2D eigenvalue weighted by Crippen LogP contribution is 2.20. The molecule has 1 aromatic heterocycles. The number of carbonyl (C=O) groups excluding carboxylic acids is 1. The second-order valence-corrected chi connectivity index (χ2v) is 7.83. The highest BCUT2D eigenvalue weighted by molar-refractivity contribution is 6.04. The zero-order valence-electron chi connectivity index (χ0n) is 16.8. The van der Waals surface area contributed by atoms with Crippen molar-refractivity contribution >= 4 is 22.4 Å².